The first-order chi connectivity index (χ1) is 10.4. The van der Waals surface area contributed by atoms with E-state index in [1.807, 2.05) is 24.5 Å². The molecule has 0 spiro atoms. The van der Waals surface area contributed by atoms with Crippen LogP contribution in [-0.4, -0.2) is 27.1 Å². The Morgan fingerprint density at radius 3 is 2.64 bits per heavy atom. The number of carbonyl (C=O) groups is 1. The average Bonchev–Trinajstić information content (AvgIpc) is 2.96. The number of sulfonamides is 1. The van der Waals surface area contributed by atoms with Crippen LogP contribution in [0.2, 0.25) is 0 Å². The lowest BCUT2D eigenvalue weighted by Gasteiger charge is -2.07. The van der Waals surface area contributed by atoms with Gasteiger partial charge in [-0.3, -0.25) is 4.79 Å². The fourth-order valence-electron chi connectivity index (χ4n) is 1.87. The van der Waals surface area contributed by atoms with Crippen molar-refractivity contribution in [1.82, 2.24) is 5.32 Å². The molecule has 118 valence electrons. The number of thioether (sulfide) groups is 1. The Bertz CT molecular complexity index is 769. The standard InChI is InChI=1S/C14H16N2O3S3/c1-20-12-5-3-2-4-11(12)14(17)16-9-8-10-6-7-13(21-10)22(15,18)19/h2-7H,8-9H2,1H3,(H,16,17)(H2,15,18,19). The van der Waals surface area contributed by atoms with Gasteiger partial charge in [0.05, 0.1) is 5.56 Å². The molecule has 1 heterocycles. The van der Waals surface area contributed by atoms with Crippen molar-refractivity contribution in [2.45, 2.75) is 15.5 Å². The molecule has 0 aliphatic carbocycles. The molecule has 0 bridgehead atoms. The maximum absolute atomic E-state index is 12.1. The van der Waals surface area contributed by atoms with Gasteiger partial charge in [0.2, 0.25) is 10.0 Å². The number of hydrogen-bond donors (Lipinski definition) is 2. The van der Waals surface area contributed by atoms with Crippen LogP contribution in [0.5, 0.6) is 0 Å². The molecule has 1 aromatic heterocycles. The minimum Gasteiger partial charge on any atom is -0.352 e. The highest BCUT2D eigenvalue weighted by Crippen LogP contribution is 2.21. The quantitative estimate of drug-likeness (QED) is 0.776. The largest absolute Gasteiger partial charge is 0.352 e. The molecule has 0 atom stereocenters. The van der Waals surface area contributed by atoms with Crippen LogP contribution in [0.1, 0.15) is 15.2 Å². The van der Waals surface area contributed by atoms with Crippen LogP contribution in [0.3, 0.4) is 0 Å². The van der Waals surface area contributed by atoms with Gasteiger partial charge < -0.3 is 5.32 Å². The Kier molecular flexibility index (Phi) is 5.63. The molecule has 0 saturated carbocycles. The molecule has 8 heteroatoms. The van der Waals surface area contributed by atoms with Crippen LogP contribution < -0.4 is 10.5 Å². The number of benzene rings is 1. The third-order valence-corrected chi connectivity index (χ3v) is 6.31. The van der Waals surface area contributed by atoms with Crippen molar-refractivity contribution in [2.75, 3.05) is 12.8 Å². The predicted octanol–water partition coefficient (Wildman–Crippen LogP) is 2.09. The van der Waals surface area contributed by atoms with Gasteiger partial charge in [-0.15, -0.1) is 23.1 Å². The van der Waals surface area contributed by atoms with Crippen LogP contribution in [-0.2, 0) is 16.4 Å². The van der Waals surface area contributed by atoms with E-state index in [1.165, 1.54) is 17.8 Å². The summed E-state index contributed by atoms with van der Waals surface area (Å²) < 4.78 is 22.5. The van der Waals surface area contributed by atoms with Gasteiger partial charge in [0, 0.05) is 16.3 Å². The number of nitrogens with one attached hydrogen (secondary N) is 1. The molecule has 1 amide bonds. The zero-order chi connectivity index (χ0) is 16.2. The van der Waals surface area contributed by atoms with Crippen molar-refractivity contribution >= 4 is 39.0 Å². The minimum absolute atomic E-state index is 0.131. The van der Waals surface area contributed by atoms with Gasteiger partial charge in [0.25, 0.3) is 5.91 Å². The first kappa shape index (κ1) is 17.0. The van der Waals surface area contributed by atoms with E-state index in [9.17, 15) is 13.2 Å². The van der Waals surface area contributed by atoms with Crippen LogP contribution in [0.25, 0.3) is 0 Å². The van der Waals surface area contributed by atoms with E-state index in [-0.39, 0.29) is 10.1 Å². The number of thiophene rings is 1. The lowest BCUT2D eigenvalue weighted by atomic mass is 10.2. The molecule has 0 saturated heterocycles. The van der Waals surface area contributed by atoms with E-state index in [1.54, 1.807) is 12.1 Å². The molecule has 0 fully saturated rings. The molecule has 0 aliphatic rings. The summed E-state index contributed by atoms with van der Waals surface area (Å²) in [5.41, 5.74) is 0.645. The number of amides is 1. The summed E-state index contributed by atoms with van der Waals surface area (Å²) in [6.45, 7) is 0.437. The molecule has 0 radical (unpaired) electrons. The molecule has 22 heavy (non-hydrogen) atoms. The Morgan fingerprint density at radius 1 is 1.27 bits per heavy atom. The zero-order valence-corrected chi connectivity index (χ0v) is 14.4. The van der Waals surface area contributed by atoms with Crippen molar-refractivity contribution < 1.29 is 13.2 Å². The van der Waals surface area contributed by atoms with Gasteiger partial charge in [-0.05, 0) is 36.9 Å². The zero-order valence-electron chi connectivity index (χ0n) is 11.9. The number of nitrogens with two attached hydrogens (primary N) is 1. The normalized spacial score (nSPS) is 11.4. The van der Waals surface area contributed by atoms with Gasteiger partial charge in [-0.2, -0.15) is 0 Å². The first-order valence-corrected chi connectivity index (χ1v) is 10.0. The SMILES string of the molecule is CSc1ccccc1C(=O)NCCc1ccc(S(N)(=O)=O)s1. The number of primary sulfonamides is 1. The maximum Gasteiger partial charge on any atom is 0.252 e. The van der Waals surface area contributed by atoms with Gasteiger partial charge in [-0.25, -0.2) is 13.6 Å². The number of hydrogen-bond acceptors (Lipinski definition) is 5. The highest BCUT2D eigenvalue weighted by Gasteiger charge is 2.12. The molecule has 2 rings (SSSR count). The smallest absolute Gasteiger partial charge is 0.252 e. The van der Waals surface area contributed by atoms with E-state index in [0.29, 0.717) is 18.5 Å². The van der Waals surface area contributed by atoms with Gasteiger partial charge in [-0.1, -0.05) is 12.1 Å². The number of rotatable bonds is 6. The molecule has 5 nitrogen and oxygen atoms in total. The summed E-state index contributed by atoms with van der Waals surface area (Å²) in [7, 11) is -3.65. The fourth-order valence-corrected chi connectivity index (χ4v) is 4.25. The van der Waals surface area contributed by atoms with Gasteiger partial charge in [0.1, 0.15) is 4.21 Å². The molecule has 2 aromatic rings. The lowest BCUT2D eigenvalue weighted by Crippen LogP contribution is -2.25. The fraction of sp³-hybridized carbons (Fsp3) is 0.214. The minimum atomic E-state index is -3.65. The molecule has 1 aromatic carbocycles. The van der Waals surface area contributed by atoms with Crippen LogP contribution in [0, 0.1) is 0 Å². The second-order valence-electron chi connectivity index (χ2n) is 4.47. The number of carbonyl (C=O) groups excluding carboxylic acids is 1. The van der Waals surface area contributed by atoms with E-state index in [0.717, 1.165) is 21.1 Å². The molecule has 0 unspecified atom stereocenters. The summed E-state index contributed by atoms with van der Waals surface area (Å²) in [4.78, 5) is 13.9. The Labute approximate surface area is 138 Å². The van der Waals surface area contributed by atoms with E-state index in [2.05, 4.69) is 5.32 Å². The van der Waals surface area contributed by atoms with Crippen molar-refractivity contribution in [3.8, 4) is 0 Å². The summed E-state index contributed by atoms with van der Waals surface area (Å²) in [5.74, 6) is -0.131. The molecular weight excluding hydrogens is 340 g/mol. The van der Waals surface area contributed by atoms with Crippen LogP contribution in [0.4, 0.5) is 0 Å². The highest BCUT2D eigenvalue weighted by atomic mass is 32.2. The second kappa shape index (κ2) is 7.28. The van der Waals surface area contributed by atoms with Crippen LogP contribution in [0.15, 0.2) is 45.5 Å². The molecule has 0 aliphatic heterocycles. The predicted molar refractivity (Wildman–Crippen MR) is 90.0 cm³/mol. The average molecular weight is 356 g/mol. The summed E-state index contributed by atoms with van der Waals surface area (Å²) >= 11 is 2.65. The Balaban J connectivity index is 1.94. The van der Waals surface area contributed by atoms with E-state index in [4.69, 9.17) is 5.14 Å². The van der Waals surface area contributed by atoms with Gasteiger partial charge >= 0.3 is 0 Å². The first-order valence-electron chi connectivity index (χ1n) is 6.44. The Morgan fingerprint density at radius 2 is 2.00 bits per heavy atom. The Hall–Kier alpha value is -1.35. The van der Waals surface area contributed by atoms with E-state index < -0.39 is 10.0 Å². The van der Waals surface area contributed by atoms with E-state index >= 15 is 0 Å². The van der Waals surface area contributed by atoms with Crippen molar-refractivity contribution in [3.05, 3.63) is 46.8 Å². The summed E-state index contributed by atoms with van der Waals surface area (Å²) in [5, 5.41) is 7.91. The lowest BCUT2D eigenvalue weighted by molar-refractivity contribution is 0.0951. The molecule has 3 N–H and O–H groups in total. The summed E-state index contributed by atoms with van der Waals surface area (Å²) in [6.07, 6.45) is 2.49. The summed E-state index contributed by atoms with van der Waals surface area (Å²) in [6, 6.07) is 10.6. The highest BCUT2D eigenvalue weighted by molar-refractivity contribution is 7.98. The molecular formula is C14H16N2O3S3. The monoisotopic (exact) mass is 356 g/mol. The van der Waals surface area contributed by atoms with Gasteiger partial charge in [0.15, 0.2) is 0 Å². The second-order valence-corrected chi connectivity index (χ2v) is 8.28. The van der Waals surface area contributed by atoms with Crippen molar-refractivity contribution in [3.63, 3.8) is 0 Å². The maximum atomic E-state index is 12.1. The van der Waals surface area contributed by atoms with Crippen molar-refractivity contribution in [2.24, 2.45) is 5.14 Å². The van der Waals surface area contributed by atoms with Crippen LogP contribution >= 0.6 is 23.1 Å². The van der Waals surface area contributed by atoms with Crippen molar-refractivity contribution in [1.29, 1.82) is 0 Å². The third-order valence-electron chi connectivity index (χ3n) is 2.93. The third kappa shape index (κ3) is 4.33. The topological polar surface area (TPSA) is 89.3 Å².